The molecule has 3 rings (SSSR count). The largest absolute Gasteiger partial charge is 0.482 e. The molecule has 1 aliphatic rings. The van der Waals surface area contributed by atoms with Gasteiger partial charge in [0.25, 0.3) is 5.91 Å². The van der Waals surface area contributed by atoms with Crippen LogP contribution in [0.25, 0.3) is 0 Å². The van der Waals surface area contributed by atoms with Crippen LogP contribution >= 0.6 is 0 Å². The second-order valence-electron chi connectivity index (χ2n) is 5.81. The maximum Gasteiger partial charge on any atom is 0.341 e. The first-order valence-corrected chi connectivity index (χ1v) is 7.94. The Kier molecular flexibility index (Phi) is 4.79. The summed E-state index contributed by atoms with van der Waals surface area (Å²) in [5.41, 5.74) is 2.99. The molecule has 0 bridgehead atoms. The third kappa shape index (κ3) is 3.74. The Balaban J connectivity index is 1.76. The van der Waals surface area contributed by atoms with Gasteiger partial charge in [-0.3, -0.25) is 4.79 Å². The molecular formula is C19H19NO4. The second kappa shape index (κ2) is 7.17. The molecule has 0 aromatic heterocycles. The quantitative estimate of drug-likeness (QED) is 0.938. The zero-order valence-electron chi connectivity index (χ0n) is 13.3. The van der Waals surface area contributed by atoms with E-state index in [0.717, 1.165) is 12.8 Å². The number of carboxylic acids is 1. The minimum Gasteiger partial charge on any atom is -0.482 e. The van der Waals surface area contributed by atoms with Crippen molar-refractivity contribution in [2.75, 3.05) is 13.2 Å². The Morgan fingerprint density at radius 3 is 2.67 bits per heavy atom. The molecule has 0 unspecified atom stereocenters. The molecule has 0 saturated heterocycles. The van der Waals surface area contributed by atoms with Crippen molar-refractivity contribution in [3.05, 3.63) is 65.2 Å². The van der Waals surface area contributed by atoms with Crippen LogP contribution in [0.5, 0.6) is 5.75 Å². The number of ether oxygens (including phenoxy) is 1. The summed E-state index contributed by atoms with van der Waals surface area (Å²) < 4.78 is 5.16. The van der Waals surface area contributed by atoms with Crippen LogP contribution < -0.4 is 4.74 Å². The van der Waals surface area contributed by atoms with Crippen molar-refractivity contribution in [1.29, 1.82) is 0 Å². The van der Waals surface area contributed by atoms with Gasteiger partial charge in [-0.25, -0.2) is 4.79 Å². The van der Waals surface area contributed by atoms with Crippen molar-refractivity contribution in [3.63, 3.8) is 0 Å². The van der Waals surface area contributed by atoms with Gasteiger partial charge < -0.3 is 14.7 Å². The molecule has 0 atom stereocenters. The van der Waals surface area contributed by atoms with Crippen LogP contribution in [0.3, 0.4) is 0 Å². The maximum absolute atomic E-state index is 12.8. The smallest absolute Gasteiger partial charge is 0.341 e. The number of hydrogen-bond acceptors (Lipinski definition) is 3. The number of amides is 1. The molecule has 1 heterocycles. The monoisotopic (exact) mass is 325 g/mol. The zero-order chi connectivity index (χ0) is 16.9. The van der Waals surface area contributed by atoms with Gasteiger partial charge in [0, 0.05) is 18.7 Å². The fourth-order valence-corrected chi connectivity index (χ4v) is 2.92. The van der Waals surface area contributed by atoms with E-state index in [2.05, 4.69) is 12.1 Å². The minimum absolute atomic E-state index is 0.0625. The van der Waals surface area contributed by atoms with Crippen LogP contribution in [0.4, 0.5) is 0 Å². The average molecular weight is 325 g/mol. The predicted octanol–water partition coefficient (Wildman–Crippen LogP) is 2.74. The van der Waals surface area contributed by atoms with Gasteiger partial charge in [-0.05, 0) is 42.2 Å². The van der Waals surface area contributed by atoms with E-state index in [0.29, 0.717) is 24.4 Å². The van der Waals surface area contributed by atoms with Crippen molar-refractivity contribution in [3.8, 4) is 5.75 Å². The fraction of sp³-hybridized carbons (Fsp3) is 0.263. The summed E-state index contributed by atoms with van der Waals surface area (Å²) in [5.74, 6) is -0.721. The first-order valence-electron chi connectivity index (χ1n) is 7.94. The van der Waals surface area contributed by atoms with Crippen molar-refractivity contribution >= 4 is 11.9 Å². The lowest BCUT2D eigenvalue weighted by Crippen LogP contribution is -2.30. The average Bonchev–Trinajstić information content (AvgIpc) is 2.82. The van der Waals surface area contributed by atoms with Crippen molar-refractivity contribution in [2.45, 2.75) is 19.4 Å². The van der Waals surface area contributed by atoms with E-state index in [4.69, 9.17) is 9.84 Å². The van der Waals surface area contributed by atoms with E-state index in [-0.39, 0.29) is 5.91 Å². The molecule has 24 heavy (non-hydrogen) atoms. The molecule has 0 radical (unpaired) electrons. The number of carbonyl (C=O) groups is 2. The summed E-state index contributed by atoms with van der Waals surface area (Å²) in [4.78, 5) is 25.2. The van der Waals surface area contributed by atoms with Crippen LogP contribution in [0.15, 0.2) is 48.5 Å². The highest BCUT2D eigenvalue weighted by Gasteiger charge is 2.20. The van der Waals surface area contributed by atoms with Gasteiger partial charge in [-0.2, -0.15) is 0 Å². The number of aryl methyl sites for hydroxylation is 1. The summed E-state index contributed by atoms with van der Waals surface area (Å²) in [6.45, 7) is 0.873. The number of fused-ring (bicyclic) bond motifs is 1. The van der Waals surface area contributed by atoms with E-state index in [9.17, 15) is 9.59 Å². The summed E-state index contributed by atoms with van der Waals surface area (Å²) in [5, 5.41) is 8.68. The van der Waals surface area contributed by atoms with Crippen LogP contribution in [0.2, 0.25) is 0 Å². The SMILES string of the molecule is O=C(O)COc1cccc(C(=O)N2CCCc3ccccc3C2)c1. The van der Waals surface area contributed by atoms with Gasteiger partial charge in [0.15, 0.2) is 6.61 Å². The topological polar surface area (TPSA) is 66.8 Å². The molecule has 5 nitrogen and oxygen atoms in total. The molecular weight excluding hydrogens is 306 g/mol. The number of rotatable bonds is 4. The van der Waals surface area contributed by atoms with E-state index in [1.165, 1.54) is 11.1 Å². The molecule has 0 aliphatic carbocycles. The van der Waals surface area contributed by atoms with E-state index < -0.39 is 12.6 Å². The predicted molar refractivity (Wildman–Crippen MR) is 89.1 cm³/mol. The maximum atomic E-state index is 12.8. The first-order chi connectivity index (χ1) is 11.6. The van der Waals surface area contributed by atoms with Gasteiger partial charge in [0.1, 0.15) is 5.75 Å². The number of benzene rings is 2. The van der Waals surface area contributed by atoms with E-state index >= 15 is 0 Å². The summed E-state index contributed by atoms with van der Waals surface area (Å²) in [6.07, 6.45) is 1.90. The molecule has 1 N–H and O–H groups in total. The van der Waals surface area contributed by atoms with Crippen LogP contribution in [0, 0.1) is 0 Å². The summed E-state index contributed by atoms with van der Waals surface area (Å²) >= 11 is 0. The van der Waals surface area contributed by atoms with E-state index in [1.54, 1.807) is 24.3 Å². The number of carbonyl (C=O) groups excluding carboxylic acids is 1. The van der Waals surface area contributed by atoms with Crippen LogP contribution in [0.1, 0.15) is 27.9 Å². The Labute approximate surface area is 140 Å². The number of carboxylic acid groups (broad SMARTS) is 1. The lowest BCUT2D eigenvalue weighted by molar-refractivity contribution is -0.139. The molecule has 0 fully saturated rings. The van der Waals surface area contributed by atoms with Gasteiger partial charge in [-0.15, -0.1) is 0 Å². The van der Waals surface area contributed by atoms with Gasteiger partial charge >= 0.3 is 5.97 Å². The Morgan fingerprint density at radius 1 is 1.08 bits per heavy atom. The molecule has 0 spiro atoms. The molecule has 124 valence electrons. The first kappa shape index (κ1) is 16.1. The minimum atomic E-state index is -1.05. The van der Waals surface area contributed by atoms with Gasteiger partial charge in [0.05, 0.1) is 0 Å². The Morgan fingerprint density at radius 2 is 1.88 bits per heavy atom. The highest BCUT2D eigenvalue weighted by Crippen LogP contribution is 2.21. The van der Waals surface area contributed by atoms with Crippen molar-refractivity contribution in [1.82, 2.24) is 4.90 Å². The van der Waals surface area contributed by atoms with Crippen molar-refractivity contribution < 1.29 is 19.4 Å². The lowest BCUT2D eigenvalue weighted by Gasteiger charge is -2.21. The van der Waals surface area contributed by atoms with Gasteiger partial charge in [0.2, 0.25) is 0 Å². The fourth-order valence-electron chi connectivity index (χ4n) is 2.92. The zero-order valence-corrected chi connectivity index (χ0v) is 13.3. The summed E-state index contributed by atoms with van der Waals surface area (Å²) in [6, 6.07) is 14.9. The molecule has 0 saturated carbocycles. The van der Waals surface area contributed by atoms with E-state index in [1.807, 2.05) is 17.0 Å². The molecule has 1 aliphatic heterocycles. The third-order valence-corrected chi connectivity index (χ3v) is 4.08. The normalized spacial score (nSPS) is 13.8. The molecule has 2 aromatic carbocycles. The Bertz CT molecular complexity index is 757. The van der Waals surface area contributed by atoms with Crippen LogP contribution in [-0.2, 0) is 17.8 Å². The number of nitrogens with zero attached hydrogens (tertiary/aromatic N) is 1. The van der Waals surface area contributed by atoms with Crippen LogP contribution in [-0.4, -0.2) is 35.0 Å². The highest BCUT2D eigenvalue weighted by atomic mass is 16.5. The number of hydrogen-bond donors (Lipinski definition) is 1. The molecule has 1 amide bonds. The third-order valence-electron chi connectivity index (χ3n) is 4.08. The Hall–Kier alpha value is -2.82. The number of aliphatic carboxylic acids is 1. The molecule has 2 aromatic rings. The summed E-state index contributed by atoms with van der Waals surface area (Å²) in [7, 11) is 0. The lowest BCUT2D eigenvalue weighted by atomic mass is 10.0. The second-order valence-corrected chi connectivity index (χ2v) is 5.81. The molecule has 5 heteroatoms. The highest BCUT2D eigenvalue weighted by molar-refractivity contribution is 5.94. The van der Waals surface area contributed by atoms with Crippen molar-refractivity contribution in [2.24, 2.45) is 0 Å². The van der Waals surface area contributed by atoms with Gasteiger partial charge in [-0.1, -0.05) is 30.3 Å². The standard InChI is InChI=1S/C19H19NO4/c21-18(22)13-24-17-9-3-7-15(11-17)19(23)20-10-4-8-14-5-1-2-6-16(14)12-20/h1-3,5-7,9,11H,4,8,10,12-13H2,(H,21,22).